The van der Waals surface area contributed by atoms with Crippen molar-refractivity contribution in [3.63, 3.8) is 0 Å². The average molecular weight is 539 g/mol. The van der Waals surface area contributed by atoms with Crippen molar-refractivity contribution in [3.05, 3.63) is 63.8 Å². The number of aromatic nitrogens is 2. The molecule has 172 valence electrons. The number of hydrogen-bond donors (Lipinski definition) is 0. The molecule has 0 saturated heterocycles. The lowest BCUT2D eigenvalue weighted by molar-refractivity contribution is -0.274. The van der Waals surface area contributed by atoms with E-state index >= 15 is 0 Å². The molecule has 1 aliphatic heterocycles. The molecule has 1 aromatic heterocycles. The Labute approximate surface area is 198 Å². The van der Waals surface area contributed by atoms with E-state index in [4.69, 9.17) is 33.9 Å². The molecule has 2 aliphatic rings. The van der Waals surface area contributed by atoms with Crippen molar-refractivity contribution >= 4 is 60.5 Å². The van der Waals surface area contributed by atoms with Crippen molar-refractivity contribution in [2.75, 3.05) is 4.90 Å². The number of hydrogen-bond acceptors (Lipinski definition) is 5. The summed E-state index contributed by atoms with van der Waals surface area (Å²) in [5, 5.41) is -0.0928. The molecule has 1 aliphatic carbocycles. The molecule has 3 aromatic rings. The Balaban J connectivity index is 1.75. The first kappa shape index (κ1) is 22.3. The normalized spacial score (nSPS) is 19.5. The van der Waals surface area contributed by atoms with Gasteiger partial charge in [0.1, 0.15) is 5.75 Å². The van der Waals surface area contributed by atoms with Crippen LogP contribution in [0.3, 0.4) is 0 Å². The first-order chi connectivity index (χ1) is 15.3. The summed E-state index contributed by atoms with van der Waals surface area (Å²) in [5.74, 6) is -1.33. The van der Waals surface area contributed by atoms with E-state index in [-0.39, 0.29) is 33.7 Å². The molecule has 2 aromatic carbocycles. The summed E-state index contributed by atoms with van der Waals surface area (Å²) in [5.41, 5.74) is -0.860. The molecule has 33 heavy (non-hydrogen) atoms. The number of rotatable bonds is 3. The van der Waals surface area contributed by atoms with Crippen LogP contribution >= 0.6 is 33.9 Å². The van der Waals surface area contributed by atoms with Crippen molar-refractivity contribution < 1.29 is 31.1 Å². The average Bonchev–Trinajstić information content (AvgIpc) is 3.17. The minimum absolute atomic E-state index is 0.0129. The van der Waals surface area contributed by atoms with Crippen molar-refractivity contribution in [2.24, 2.45) is 0 Å². The second-order valence-corrected chi connectivity index (χ2v) is 10.7. The van der Waals surface area contributed by atoms with Gasteiger partial charge in [-0.1, -0.05) is 29.3 Å². The number of alkyl halides is 3. The lowest BCUT2D eigenvalue weighted by atomic mass is 9.70. The van der Waals surface area contributed by atoms with Crippen LogP contribution in [0.25, 0.3) is 0 Å². The summed E-state index contributed by atoms with van der Waals surface area (Å²) >= 11 is 12.1. The third kappa shape index (κ3) is 3.37. The molecule has 5 rings (SSSR count). The molecule has 0 N–H and O–H groups in total. The molecule has 1 amide bonds. The largest absolute Gasteiger partial charge is 0.573 e. The molecule has 0 unspecified atom stereocenters. The zero-order valence-electron chi connectivity index (χ0n) is 15.9. The number of carbonyl (C=O) groups is 1. The van der Waals surface area contributed by atoms with Gasteiger partial charge in [0.2, 0.25) is 5.95 Å². The van der Waals surface area contributed by atoms with Gasteiger partial charge in [-0.3, -0.25) is 9.36 Å². The highest BCUT2D eigenvalue weighted by atomic mass is 35.7. The van der Waals surface area contributed by atoms with E-state index in [1.165, 1.54) is 24.3 Å². The van der Waals surface area contributed by atoms with Crippen LogP contribution in [0.4, 0.5) is 24.8 Å². The lowest BCUT2D eigenvalue weighted by Gasteiger charge is -2.40. The van der Waals surface area contributed by atoms with E-state index in [9.17, 15) is 26.4 Å². The first-order valence-electron chi connectivity index (χ1n) is 9.04. The Morgan fingerprint density at radius 2 is 1.76 bits per heavy atom. The molecule has 0 bridgehead atoms. The Bertz CT molecular complexity index is 1440. The van der Waals surface area contributed by atoms with Crippen molar-refractivity contribution in [1.82, 2.24) is 9.55 Å². The molecule has 0 radical (unpaired) electrons. The van der Waals surface area contributed by atoms with Gasteiger partial charge in [0.15, 0.2) is 10.6 Å². The number of amides is 1. The number of ether oxygens (including phenoxy) is 1. The van der Waals surface area contributed by atoms with Crippen LogP contribution in [0, 0.1) is 0 Å². The molecule has 0 saturated carbocycles. The van der Waals surface area contributed by atoms with Crippen LogP contribution < -0.4 is 9.64 Å². The van der Waals surface area contributed by atoms with Crippen LogP contribution in [-0.4, -0.2) is 30.2 Å². The van der Waals surface area contributed by atoms with Gasteiger partial charge in [-0.25, -0.2) is 18.3 Å². The molecule has 14 heteroatoms. The second-order valence-electron chi connectivity index (χ2n) is 7.34. The monoisotopic (exact) mass is 537 g/mol. The second kappa shape index (κ2) is 7.02. The van der Waals surface area contributed by atoms with Gasteiger partial charge in [-0.15, -0.1) is 13.2 Å². The quantitative estimate of drug-likeness (QED) is 0.439. The maximum Gasteiger partial charge on any atom is 0.573 e. The number of imidazole rings is 1. The maximum absolute atomic E-state index is 13.8. The molecule has 7 nitrogen and oxygen atoms in total. The van der Waals surface area contributed by atoms with Crippen LogP contribution in [0.1, 0.15) is 11.1 Å². The summed E-state index contributed by atoms with van der Waals surface area (Å²) in [7, 11) is 1.21. The molecular weight excluding hydrogens is 530 g/mol. The third-order valence-electron chi connectivity index (χ3n) is 5.41. The zero-order chi connectivity index (χ0) is 23.9. The Hall–Kier alpha value is -2.47. The minimum atomic E-state index is -4.96. The highest BCUT2D eigenvalue weighted by Crippen LogP contribution is 2.54. The molecule has 1 spiro atoms. The number of carbonyl (C=O) groups excluding carboxylic acids is 1. The van der Waals surface area contributed by atoms with Crippen LogP contribution in [-0.2, 0) is 25.8 Å². The van der Waals surface area contributed by atoms with Gasteiger partial charge >= 0.3 is 6.36 Å². The summed E-state index contributed by atoms with van der Waals surface area (Å²) < 4.78 is 67.9. The molecular formula is C19H9Cl3F3N3O4S. The van der Waals surface area contributed by atoms with Gasteiger partial charge in [0.25, 0.3) is 15.0 Å². The number of halogens is 6. The minimum Gasteiger partial charge on any atom is -0.406 e. The predicted octanol–water partition coefficient (Wildman–Crippen LogP) is 4.99. The Morgan fingerprint density at radius 3 is 2.36 bits per heavy atom. The fourth-order valence-corrected chi connectivity index (χ4v) is 5.71. The smallest absolute Gasteiger partial charge is 0.406 e. The zero-order valence-corrected chi connectivity index (χ0v) is 19.0. The molecule has 0 fully saturated rings. The van der Waals surface area contributed by atoms with Crippen LogP contribution in [0.15, 0.2) is 47.6 Å². The van der Waals surface area contributed by atoms with E-state index in [0.717, 1.165) is 27.8 Å². The molecule has 1 atom stereocenters. The highest BCUT2D eigenvalue weighted by molar-refractivity contribution is 8.13. The standard InChI is InChI=1S/C19H9Cl3F3N3O4S/c20-10-3-11(21)5-12(4-10)27-16(29)18(28-15(33(22,30)31)8-26-17(27)28)7-9-1-2-13(6-14(9)18)32-19(23,24)25/h1-6,8H,7H2/t18-/m0/s1. The highest BCUT2D eigenvalue weighted by Gasteiger charge is 2.61. The maximum atomic E-state index is 13.8. The van der Waals surface area contributed by atoms with E-state index < -0.39 is 37.6 Å². The lowest BCUT2D eigenvalue weighted by Crippen LogP contribution is -2.51. The SMILES string of the molecule is O=C1N(c2cc(Cl)cc(Cl)c2)c2ncc(S(=O)(=O)Cl)n2[C@]12Cc1ccc(OC(F)(F)F)cc12. The number of nitrogens with zero attached hydrogens (tertiary/aromatic N) is 3. The number of anilines is 2. The van der Waals surface area contributed by atoms with E-state index in [0.29, 0.717) is 5.56 Å². The summed E-state index contributed by atoms with van der Waals surface area (Å²) in [6.07, 6.45) is -4.00. The first-order valence-corrected chi connectivity index (χ1v) is 12.1. The van der Waals surface area contributed by atoms with E-state index in [1.807, 2.05) is 0 Å². The van der Waals surface area contributed by atoms with E-state index in [1.54, 1.807) is 0 Å². The topological polar surface area (TPSA) is 81.5 Å². The van der Waals surface area contributed by atoms with E-state index in [2.05, 4.69) is 9.72 Å². The number of benzene rings is 2. The summed E-state index contributed by atoms with van der Waals surface area (Å²) in [6, 6.07) is 7.80. The third-order valence-corrected chi connectivity index (χ3v) is 7.11. The van der Waals surface area contributed by atoms with Crippen LogP contribution in [0.2, 0.25) is 10.0 Å². The van der Waals surface area contributed by atoms with Gasteiger partial charge in [-0.05, 0) is 41.5 Å². The van der Waals surface area contributed by atoms with Gasteiger partial charge < -0.3 is 4.74 Å². The number of fused-ring (bicyclic) bond motifs is 4. The van der Waals surface area contributed by atoms with Crippen molar-refractivity contribution in [1.29, 1.82) is 0 Å². The van der Waals surface area contributed by atoms with Gasteiger partial charge in [-0.2, -0.15) is 0 Å². The van der Waals surface area contributed by atoms with Crippen molar-refractivity contribution in [3.8, 4) is 5.75 Å². The fourth-order valence-electron chi connectivity index (χ4n) is 4.23. The van der Waals surface area contributed by atoms with Crippen LogP contribution in [0.5, 0.6) is 5.75 Å². The van der Waals surface area contributed by atoms with Gasteiger partial charge in [0, 0.05) is 27.1 Å². The Kier molecular flexibility index (Phi) is 4.75. The fraction of sp³-hybridized carbons (Fsp3) is 0.158. The molecule has 2 heterocycles. The Morgan fingerprint density at radius 1 is 1.09 bits per heavy atom. The summed E-state index contributed by atoms with van der Waals surface area (Å²) in [6.45, 7) is 0. The van der Waals surface area contributed by atoms with Crippen molar-refractivity contribution in [2.45, 2.75) is 23.3 Å². The predicted molar refractivity (Wildman–Crippen MR) is 113 cm³/mol. The summed E-state index contributed by atoms with van der Waals surface area (Å²) in [4.78, 5) is 18.9. The van der Waals surface area contributed by atoms with Gasteiger partial charge in [0.05, 0.1) is 11.9 Å².